The van der Waals surface area contributed by atoms with Gasteiger partial charge in [0.2, 0.25) is 0 Å². The van der Waals surface area contributed by atoms with Gasteiger partial charge in [-0.15, -0.1) is 11.3 Å². The standard InChI is InChI=1S/C22H20F3N3OS/c1-12(2)20-27-17(14(4)30-20)11-28-18(15-8-6-7-13(3)9-15)10-16(22(23,24)25)19(26-5)21(28)29/h6-10,12H,11H2,1-4H3. The molecule has 0 N–H and O–H groups in total. The molecule has 156 valence electrons. The van der Waals surface area contributed by atoms with Crippen LogP contribution in [0, 0.1) is 20.4 Å². The SMILES string of the molecule is [C-]#[N+]c1c(C(F)(F)F)cc(-c2cccc(C)c2)n(Cc2nc(C(C)C)sc2C)c1=O. The number of hydrogen-bond donors (Lipinski definition) is 0. The molecule has 30 heavy (non-hydrogen) atoms. The fourth-order valence-electron chi connectivity index (χ4n) is 3.15. The van der Waals surface area contributed by atoms with E-state index in [2.05, 4.69) is 9.83 Å². The summed E-state index contributed by atoms with van der Waals surface area (Å²) in [5.74, 6) is 0.196. The van der Waals surface area contributed by atoms with Crippen LogP contribution in [0.5, 0.6) is 0 Å². The van der Waals surface area contributed by atoms with Crippen LogP contribution in [-0.2, 0) is 12.7 Å². The van der Waals surface area contributed by atoms with Gasteiger partial charge < -0.3 is 4.57 Å². The molecule has 2 aromatic heterocycles. The zero-order valence-corrected chi connectivity index (χ0v) is 17.8. The number of rotatable bonds is 4. The summed E-state index contributed by atoms with van der Waals surface area (Å²) >= 11 is 1.50. The molecule has 0 aliphatic carbocycles. The van der Waals surface area contributed by atoms with Crippen molar-refractivity contribution in [1.29, 1.82) is 0 Å². The Morgan fingerprint density at radius 3 is 2.47 bits per heavy atom. The normalized spacial score (nSPS) is 11.7. The first kappa shape index (κ1) is 21.8. The number of aromatic nitrogens is 2. The molecule has 0 aliphatic rings. The van der Waals surface area contributed by atoms with Crippen molar-refractivity contribution < 1.29 is 13.2 Å². The molecule has 0 aliphatic heterocycles. The Balaban J connectivity index is 2.30. The van der Waals surface area contributed by atoms with Crippen LogP contribution in [-0.4, -0.2) is 9.55 Å². The van der Waals surface area contributed by atoms with Gasteiger partial charge in [0.15, 0.2) is 0 Å². The summed E-state index contributed by atoms with van der Waals surface area (Å²) in [6, 6.07) is 7.82. The summed E-state index contributed by atoms with van der Waals surface area (Å²) in [7, 11) is 0. The number of thiazole rings is 1. The van der Waals surface area contributed by atoms with Crippen molar-refractivity contribution in [2.24, 2.45) is 0 Å². The summed E-state index contributed by atoms with van der Waals surface area (Å²) in [5.41, 5.74) is -1.04. The van der Waals surface area contributed by atoms with E-state index in [9.17, 15) is 18.0 Å². The van der Waals surface area contributed by atoms with E-state index in [0.717, 1.165) is 21.5 Å². The van der Waals surface area contributed by atoms with Crippen molar-refractivity contribution in [2.45, 2.75) is 46.3 Å². The minimum Gasteiger partial charge on any atom is -0.311 e. The average molecular weight is 431 g/mol. The van der Waals surface area contributed by atoms with Gasteiger partial charge in [0.25, 0.3) is 11.2 Å². The van der Waals surface area contributed by atoms with Gasteiger partial charge in [-0.2, -0.15) is 13.2 Å². The van der Waals surface area contributed by atoms with Crippen molar-refractivity contribution in [1.82, 2.24) is 9.55 Å². The number of hydrogen-bond acceptors (Lipinski definition) is 3. The van der Waals surface area contributed by atoms with E-state index in [1.54, 1.807) is 18.2 Å². The lowest BCUT2D eigenvalue weighted by Crippen LogP contribution is -2.25. The van der Waals surface area contributed by atoms with Gasteiger partial charge in [0.1, 0.15) is 0 Å². The molecule has 4 nitrogen and oxygen atoms in total. The van der Waals surface area contributed by atoms with Gasteiger partial charge in [-0.25, -0.2) is 9.83 Å². The highest BCUT2D eigenvalue weighted by Crippen LogP contribution is 2.37. The van der Waals surface area contributed by atoms with Crippen molar-refractivity contribution in [3.05, 3.63) is 78.8 Å². The molecule has 0 saturated heterocycles. The third-order valence-electron chi connectivity index (χ3n) is 4.72. The van der Waals surface area contributed by atoms with E-state index < -0.39 is 23.0 Å². The molecule has 0 radical (unpaired) electrons. The highest BCUT2D eigenvalue weighted by atomic mass is 32.1. The number of aryl methyl sites for hydroxylation is 2. The molecule has 3 rings (SSSR count). The molecule has 0 atom stereocenters. The molecule has 0 saturated carbocycles. The fourth-order valence-corrected chi connectivity index (χ4v) is 4.09. The summed E-state index contributed by atoms with van der Waals surface area (Å²) in [6.07, 6.45) is -4.81. The molecule has 0 spiro atoms. The van der Waals surface area contributed by atoms with E-state index in [1.807, 2.05) is 33.8 Å². The van der Waals surface area contributed by atoms with Crippen LogP contribution >= 0.6 is 11.3 Å². The van der Waals surface area contributed by atoms with Crippen molar-refractivity contribution in [2.75, 3.05) is 0 Å². The Hall–Kier alpha value is -2.92. The number of nitrogens with zero attached hydrogens (tertiary/aromatic N) is 3. The Morgan fingerprint density at radius 1 is 1.23 bits per heavy atom. The number of alkyl halides is 3. The maximum Gasteiger partial charge on any atom is 0.407 e. The summed E-state index contributed by atoms with van der Waals surface area (Å²) in [6.45, 7) is 14.9. The van der Waals surface area contributed by atoms with E-state index in [4.69, 9.17) is 6.57 Å². The van der Waals surface area contributed by atoms with Crippen molar-refractivity contribution >= 4 is 17.0 Å². The van der Waals surface area contributed by atoms with Crippen LogP contribution in [0.15, 0.2) is 35.1 Å². The molecule has 0 fully saturated rings. The average Bonchev–Trinajstić information content (AvgIpc) is 3.03. The first-order valence-corrected chi connectivity index (χ1v) is 10.1. The fraction of sp³-hybridized carbons (Fsp3) is 0.318. The molecule has 0 amide bonds. The second-order valence-electron chi connectivity index (χ2n) is 7.37. The molecule has 1 aromatic carbocycles. The minimum absolute atomic E-state index is 0.00216. The van der Waals surface area contributed by atoms with Gasteiger partial charge >= 0.3 is 6.18 Å². The smallest absolute Gasteiger partial charge is 0.311 e. The monoisotopic (exact) mass is 431 g/mol. The predicted octanol–water partition coefficient (Wildman–Crippen LogP) is 6.33. The second kappa shape index (κ2) is 8.07. The Labute approximate surface area is 176 Å². The van der Waals surface area contributed by atoms with E-state index in [0.29, 0.717) is 11.3 Å². The Morgan fingerprint density at radius 2 is 1.93 bits per heavy atom. The summed E-state index contributed by atoms with van der Waals surface area (Å²) in [4.78, 5) is 21.4. The quantitative estimate of drug-likeness (QED) is 0.453. The molecule has 2 heterocycles. The predicted molar refractivity (Wildman–Crippen MR) is 112 cm³/mol. The zero-order chi connectivity index (χ0) is 22.2. The number of pyridine rings is 1. The minimum atomic E-state index is -4.81. The van der Waals surface area contributed by atoms with Crippen LogP contribution < -0.4 is 5.56 Å². The van der Waals surface area contributed by atoms with Crippen LogP contribution in [0.1, 0.15) is 46.5 Å². The highest BCUT2D eigenvalue weighted by Gasteiger charge is 2.36. The molecular formula is C22H20F3N3OS. The van der Waals surface area contributed by atoms with Crippen molar-refractivity contribution in [3.8, 4) is 11.3 Å². The summed E-state index contributed by atoms with van der Waals surface area (Å²) < 4.78 is 42.0. The number of halogens is 3. The van der Waals surface area contributed by atoms with Gasteiger partial charge in [-0.05, 0) is 31.5 Å². The van der Waals surface area contributed by atoms with Gasteiger partial charge in [0, 0.05) is 16.5 Å². The molecule has 0 bridgehead atoms. The zero-order valence-electron chi connectivity index (χ0n) is 17.0. The third-order valence-corrected chi connectivity index (χ3v) is 6.03. The van der Waals surface area contributed by atoms with Crippen LogP contribution in [0.25, 0.3) is 16.1 Å². The Kier molecular flexibility index (Phi) is 5.86. The third kappa shape index (κ3) is 4.17. The molecule has 0 unspecified atom stereocenters. The van der Waals surface area contributed by atoms with Gasteiger partial charge in [-0.1, -0.05) is 37.6 Å². The maximum absolute atomic E-state index is 13.6. The van der Waals surface area contributed by atoms with Gasteiger partial charge in [0.05, 0.1) is 29.4 Å². The van der Waals surface area contributed by atoms with Gasteiger partial charge in [-0.3, -0.25) is 4.79 Å². The van der Waals surface area contributed by atoms with Crippen LogP contribution in [0.3, 0.4) is 0 Å². The first-order valence-electron chi connectivity index (χ1n) is 9.28. The topological polar surface area (TPSA) is 39.2 Å². The highest BCUT2D eigenvalue weighted by molar-refractivity contribution is 7.11. The number of benzene rings is 1. The van der Waals surface area contributed by atoms with Crippen molar-refractivity contribution in [3.63, 3.8) is 0 Å². The lowest BCUT2D eigenvalue weighted by atomic mass is 10.0. The first-order chi connectivity index (χ1) is 14.0. The van der Waals surface area contributed by atoms with E-state index in [-0.39, 0.29) is 18.2 Å². The molecule has 8 heteroatoms. The summed E-state index contributed by atoms with van der Waals surface area (Å²) in [5, 5.41) is 0.893. The maximum atomic E-state index is 13.6. The molecule has 3 aromatic rings. The lowest BCUT2D eigenvalue weighted by Gasteiger charge is -2.18. The van der Waals surface area contributed by atoms with E-state index >= 15 is 0 Å². The Bertz CT molecular complexity index is 1200. The molecular weight excluding hydrogens is 411 g/mol. The largest absolute Gasteiger partial charge is 0.407 e. The van der Waals surface area contributed by atoms with Crippen LogP contribution in [0.4, 0.5) is 18.9 Å². The second-order valence-corrected chi connectivity index (χ2v) is 8.61. The van der Waals surface area contributed by atoms with E-state index in [1.165, 1.54) is 15.9 Å². The van der Waals surface area contributed by atoms with Crippen LogP contribution in [0.2, 0.25) is 0 Å². The lowest BCUT2D eigenvalue weighted by molar-refractivity contribution is -0.136.